The third-order valence-corrected chi connectivity index (χ3v) is 3.95. The van der Waals surface area contributed by atoms with Crippen LogP contribution in [0.5, 0.6) is 0 Å². The van der Waals surface area contributed by atoms with Crippen molar-refractivity contribution >= 4 is 13.5 Å². The van der Waals surface area contributed by atoms with Crippen molar-refractivity contribution in [2.45, 2.75) is 20.0 Å². The van der Waals surface area contributed by atoms with Crippen LogP contribution in [0.25, 0.3) is 0 Å². The standard InChI is InChI=1S/C9H21N2O5P/c1-3-15-17(14,16-4-2)6-5-11-7-8(12)9(10)13/h8,11-12H,3-7H2,1-2H3,(H2,10,13). The monoisotopic (exact) mass is 268 g/mol. The highest BCUT2D eigenvalue weighted by Crippen LogP contribution is 2.47. The number of aliphatic hydroxyl groups is 1. The minimum atomic E-state index is -3.06. The van der Waals surface area contributed by atoms with E-state index in [1.807, 2.05) is 0 Å². The average molecular weight is 268 g/mol. The fourth-order valence-electron chi connectivity index (χ4n) is 1.12. The van der Waals surface area contributed by atoms with E-state index >= 15 is 0 Å². The van der Waals surface area contributed by atoms with E-state index in [0.717, 1.165) is 0 Å². The van der Waals surface area contributed by atoms with Crippen molar-refractivity contribution < 1.29 is 23.5 Å². The quantitative estimate of drug-likeness (QED) is 0.370. The van der Waals surface area contributed by atoms with Gasteiger partial charge < -0.3 is 25.2 Å². The van der Waals surface area contributed by atoms with Gasteiger partial charge in [0.25, 0.3) is 0 Å². The molecule has 0 radical (unpaired) electrons. The van der Waals surface area contributed by atoms with Crippen LogP contribution in [-0.4, -0.2) is 49.6 Å². The molecular weight excluding hydrogens is 247 g/mol. The van der Waals surface area contributed by atoms with Gasteiger partial charge in [0.1, 0.15) is 6.10 Å². The molecule has 0 rings (SSSR count). The Bertz CT molecular complexity index is 264. The zero-order chi connectivity index (χ0) is 13.3. The number of carbonyl (C=O) groups excluding carboxylic acids is 1. The molecule has 17 heavy (non-hydrogen) atoms. The summed E-state index contributed by atoms with van der Waals surface area (Å²) in [5.74, 6) is -0.796. The third kappa shape index (κ3) is 7.46. The van der Waals surface area contributed by atoms with Crippen LogP contribution in [0.1, 0.15) is 13.8 Å². The van der Waals surface area contributed by atoms with Crippen LogP contribution in [0.3, 0.4) is 0 Å². The van der Waals surface area contributed by atoms with Crippen LogP contribution in [0.15, 0.2) is 0 Å². The first kappa shape index (κ1) is 16.5. The number of hydrogen-bond acceptors (Lipinski definition) is 6. The van der Waals surface area contributed by atoms with Gasteiger partial charge in [-0.05, 0) is 13.8 Å². The maximum atomic E-state index is 12.0. The van der Waals surface area contributed by atoms with Gasteiger partial charge in [0, 0.05) is 13.1 Å². The van der Waals surface area contributed by atoms with E-state index in [-0.39, 0.29) is 12.7 Å². The molecule has 8 heteroatoms. The molecule has 0 aliphatic heterocycles. The summed E-state index contributed by atoms with van der Waals surface area (Å²) in [5, 5.41) is 11.8. The maximum absolute atomic E-state index is 12.0. The van der Waals surface area contributed by atoms with Gasteiger partial charge in [-0.25, -0.2) is 0 Å². The van der Waals surface area contributed by atoms with Crippen LogP contribution in [0.4, 0.5) is 0 Å². The smallest absolute Gasteiger partial charge is 0.331 e. The number of nitrogens with one attached hydrogen (secondary N) is 1. The van der Waals surface area contributed by atoms with Gasteiger partial charge in [0.05, 0.1) is 19.4 Å². The lowest BCUT2D eigenvalue weighted by Gasteiger charge is -2.17. The Morgan fingerprint density at radius 1 is 1.41 bits per heavy atom. The van der Waals surface area contributed by atoms with Gasteiger partial charge in [-0.1, -0.05) is 0 Å². The molecule has 0 bridgehead atoms. The van der Waals surface area contributed by atoms with E-state index in [0.29, 0.717) is 19.8 Å². The zero-order valence-electron chi connectivity index (χ0n) is 10.2. The molecule has 0 aliphatic rings. The van der Waals surface area contributed by atoms with Crippen LogP contribution in [0.2, 0.25) is 0 Å². The number of primary amides is 1. The molecule has 7 nitrogen and oxygen atoms in total. The molecule has 0 heterocycles. The molecular formula is C9H21N2O5P. The Balaban J connectivity index is 3.90. The number of rotatable bonds is 10. The summed E-state index contributed by atoms with van der Waals surface area (Å²) in [6.45, 7) is 4.41. The summed E-state index contributed by atoms with van der Waals surface area (Å²) in [5.41, 5.74) is 4.87. The SMILES string of the molecule is CCOP(=O)(CCNCC(O)C(N)=O)OCC. The van der Waals surface area contributed by atoms with Crippen LogP contribution >= 0.6 is 7.60 Å². The van der Waals surface area contributed by atoms with Gasteiger partial charge in [-0.15, -0.1) is 0 Å². The number of amides is 1. The first-order valence-corrected chi connectivity index (χ1v) is 7.24. The third-order valence-electron chi connectivity index (χ3n) is 1.88. The Morgan fingerprint density at radius 3 is 2.35 bits per heavy atom. The summed E-state index contributed by atoms with van der Waals surface area (Å²) >= 11 is 0. The second-order valence-electron chi connectivity index (χ2n) is 3.29. The fraction of sp³-hybridized carbons (Fsp3) is 0.889. The van der Waals surface area contributed by atoms with E-state index in [9.17, 15) is 9.36 Å². The van der Waals surface area contributed by atoms with Crippen molar-refractivity contribution in [1.29, 1.82) is 0 Å². The Morgan fingerprint density at radius 2 is 1.94 bits per heavy atom. The van der Waals surface area contributed by atoms with E-state index in [2.05, 4.69) is 5.32 Å². The summed E-state index contributed by atoms with van der Waals surface area (Å²) < 4.78 is 22.1. The normalized spacial score (nSPS) is 13.6. The number of aliphatic hydroxyl groups excluding tert-OH is 1. The molecule has 1 unspecified atom stereocenters. The lowest BCUT2D eigenvalue weighted by Crippen LogP contribution is -2.38. The Kier molecular flexibility index (Phi) is 8.37. The first-order valence-electron chi connectivity index (χ1n) is 5.51. The predicted octanol–water partition coefficient (Wildman–Crippen LogP) is -0.312. The van der Waals surface area contributed by atoms with Crippen molar-refractivity contribution in [2.24, 2.45) is 5.73 Å². The minimum Gasteiger partial charge on any atom is -0.382 e. The van der Waals surface area contributed by atoms with Crippen molar-refractivity contribution in [3.63, 3.8) is 0 Å². The van der Waals surface area contributed by atoms with E-state index in [1.165, 1.54) is 0 Å². The summed E-state index contributed by atoms with van der Waals surface area (Å²) in [6, 6.07) is 0. The molecule has 0 spiro atoms. The van der Waals surface area contributed by atoms with Crippen molar-refractivity contribution in [1.82, 2.24) is 5.32 Å². The molecule has 0 aromatic heterocycles. The second kappa shape index (κ2) is 8.60. The Hall–Kier alpha value is -0.460. The van der Waals surface area contributed by atoms with E-state index in [4.69, 9.17) is 19.9 Å². The molecule has 4 N–H and O–H groups in total. The minimum absolute atomic E-state index is 0.0214. The highest BCUT2D eigenvalue weighted by Gasteiger charge is 2.22. The summed E-state index contributed by atoms with van der Waals surface area (Å²) in [6.07, 6.45) is -1.06. The number of carbonyl (C=O) groups is 1. The fourth-order valence-corrected chi connectivity index (χ4v) is 2.67. The van der Waals surface area contributed by atoms with Gasteiger partial charge in [0.2, 0.25) is 5.91 Å². The van der Waals surface area contributed by atoms with Gasteiger partial charge in [-0.3, -0.25) is 9.36 Å². The molecule has 0 saturated heterocycles. The lowest BCUT2D eigenvalue weighted by atomic mass is 10.3. The predicted molar refractivity (Wildman–Crippen MR) is 63.8 cm³/mol. The van der Waals surface area contributed by atoms with E-state index < -0.39 is 19.6 Å². The summed E-state index contributed by atoms with van der Waals surface area (Å²) in [7, 11) is -3.06. The zero-order valence-corrected chi connectivity index (χ0v) is 11.1. The molecule has 0 saturated carbocycles. The Labute approximate surface area is 101 Å². The molecule has 0 aromatic carbocycles. The molecule has 0 fully saturated rings. The number of nitrogens with two attached hydrogens (primary N) is 1. The molecule has 1 amide bonds. The molecule has 0 aliphatic carbocycles. The summed E-state index contributed by atoms with van der Waals surface area (Å²) in [4.78, 5) is 10.5. The van der Waals surface area contributed by atoms with Crippen molar-refractivity contribution in [2.75, 3.05) is 32.5 Å². The first-order chi connectivity index (χ1) is 7.95. The van der Waals surface area contributed by atoms with Crippen LogP contribution in [0, 0.1) is 0 Å². The molecule has 1 atom stereocenters. The van der Waals surface area contributed by atoms with E-state index in [1.54, 1.807) is 13.8 Å². The lowest BCUT2D eigenvalue weighted by molar-refractivity contribution is -0.125. The van der Waals surface area contributed by atoms with Gasteiger partial charge in [0.15, 0.2) is 0 Å². The topological polar surface area (TPSA) is 111 Å². The van der Waals surface area contributed by atoms with Crippen LogP contribution in [-0.2, 0) is 18.4 Å². The van der Waals surface area contributed by atoms with Crippen molar-refractivity contribution in [3.05, 3.63) is 0 Å². The maximum Gasteiger partial charge on any atom is 0.331 e. The average Bonchev–Trinajstić information content (AvgIpc) is 2.24. The largest absolute Gasteiger partial charge is 0.382 e. The van der Waals surface area contributed by atoms with Gasteiger partial charge in [-0.2, -0.15) is 0 Å². The molecule has 0 aromatic rings. The highest BCUT2D eigenvalue weighted by molar-refractivity contribution is 7.53. The van der Waals surface area contributed by atoms with Crippen LogP contribution < -0.4 is 11.1 Å². The highest BCUT2D eigenvalue weighted by atomic mass is 31.2. The van der Waals surface area contributed by atoms with Gasteiger partial charge >= 0.3 is 7.60 Å². The second-order valence-corrected chi connectivity index (χ2v) is 5.48. The number of hydrogen-bond donors (Lipinski definition) is 3. The van der Waals surface area contributed by atoms with Crippen molar-refractivity contribution in [3.8, 4) is 0 Å². The molecule has 102 valence electrons.